The van der Waals surface area contributed by atoms with Crippen molar-refractivity contribution in [2.45, 2.75) is 10.1 Å². The van der Waals surface area contributed by atoms with Crippen molar-refractivity contribution >= 4 is 51.4 Å². The van der Waals surface area contributed by atoms with E-state index >= 15 is 0 Å². The fourth-order valence-corrected chi connectivity index (χ4v) is 5.22. The van der Waals surface area contributed by atoms with Crippen LogP contribution >= 0.6 is 34.4 Å². The summed E-state index contributed by atoms with van der Waals surface area (Å²) < 4.78 is 27.0. The Kier molecular flexibility index (Phi) is 8.43. The minimum Gasteiger partial charge on any atom is -0.493 e. The summed E-state index contributed by atoms with van der Waals surface area (Å²) in [6, 6.07) is 7.55. The Morgan fingerprint density at radius 3 is 2.43 bits per heavy atom. The first-order valence-corrected chi connectivity index (χ1v) is 13.0. The zero-order valence-electron chi connectivity index (χ0n) is 19.6. The molecule has 1 aromatic carbocycles. The molecule has 0 fully saturated rings. The van der Waals surface area contributed by atoms with E-state index in [0.29, 0.717) is 25.9 Å². The minimum atomic E-state index is -0.806. The molecule has 0 radical (unpaired) electrons. The van der Waals surface area contributed by atoms with Crippen molar-refractivity contribution in [1.82, 2.24) is 10.2 Å². The van der Waals surface area contributed by atoms with E-state index < -0.39 is 11.4 Å². The van der Waals surface area contributed by atoms with Crippen molar-refractivity contribution in [2.75, 3.05) is 26.6 Å². The molecule has 1 amide bonds. The molecule has 0 aliphatic carbocycles. The van der Waals surface area contributed by atoms with Crippen LogP contribution in [0, 0.1) is 0 Å². The molecule has 4 aromatic rings. The van der Waals surface area contributed by atoms with Gasteiger partial charge in [0.25, 0.3) is 5.91 Å². The van der Waals surface area contributed by atoms with Crippen molar-refractivity contribution in [3.63, 3.8) is 0 Å². The molecule has 0 aliphatic rings. The van der Waals surface area contributed by atoms with Crippen LogP contribution in [0.25, 0.3) is 0 Å². The van der Waals surface area contributed by atoms with Gasteiger partial charge in [-0.3, -0.25) is 14.9 Å². The van der Waals surface area contributed by atoms with E-state index in [0.717, 1.165) is 6.26 Å². The Bertz CT molecular complexity index is 1440. The van der Waals surface area contributed by atoms with Crippen molar-refractivity contribution in [3.05, 3.63) is 68.4 Å². The zero-order chi connectivity index (χ0) is 26.4. The number of aromatic nitrogens is 2. The molecule has 0 saturated heterocycles. The topological polar surface area (TPSA) is 139 Å². The number of ether oxygens (including phenoxy) is 4. The number of hydrogen-bond donors (Lipinski definition) is 1. The van der Waals surface area contributed by atoms with E-state index in [1.165, 1.54) is 74.0 Å². The summed E-state index contributed by atoms with van der Waals surface area (Å²) in [7, 11) is 4.28. The summed E-state index contributed by atoms with van der Waals surface area (Å²) in [4.78, 5) is 37.9. The van der Waals surface area contributed by atoms with Crippen LogP contribution in [0.15, 0.2) is 55.5 Å². The SMILES string of the molecule is COc1cc(C(=O)Oc2coc(CSc3nnc(NC(=O)c4cccs4)s3)cc2=O)cc(OC)c1OC. The highest BCUT2D eigenvalue weighted by Gasteiger charge is 2.20. The highest BCUT2D eigenvalue weighted by molar-refractivity contribution is 8.00. The summed E-state index contributed by atoms with van der Waals surface area (Å²) in [5.74, 6) is 0.103. The molecular weight excluding hydrogens is 542 g/mol. The first kappa shape index (κ1) is 26.2. The van der Waals surface area contributed by atoms with Gasteiger partial charge in [-0.25, -0.2) is 4.79 Å². The van der Waals surface area contributed by atoms with Gasteiger partial charge in [0.05, 0.1) is 37.5 Å². The van der Waals surface area contributed by atoms with Gasteiger partial charge in [-0.15, -0.1) is 21.5 Å². The average Bonchev–Trinajstić information content (AvgIpc) is 3.60. The maximum Gasteiger partial charge on any atom is 0.344 e. The van der Waals surface area contributed by atoms with Crippen molar-refractivity contribution < 1.29 is 33.0 Å². The van der Waals surface area contributed by atoms with Crippen LogP contribution in [-0.2, 0) is 5.75 Å². The standard InChI is InChI=1S/C23H19N3O8S3/c1-30-15-7-12(8-16(31-2)19(15)32-3)21(29)34-17-10-33-13(9-14(17)27)11-36-23-26-25-22(37-23)24-20(28)18-5-4-6-35-18/h4-10H,11H2,1-3H3,(H,24,25,28). The van der Waals surface area contributed by atoms with Gasteiger partial charge in [0, 0.05) is 6.07 Å². The number of nitrogens with zero attached hydrogens (tertiary/aromatic N) is 2. The lowest BCUT2D eigenvalue weighted by Gasteiger charge is -2.13. The molecular formula is C23H19N3O8S3. The lowest BCUT2D eigenvalue weighted by Crippen LogP contribution is -2.15. The molecule has 11 nitrogen and oxygen atoms in total. The highest BCUT2D eigenvalue weighted by Crippen LogP contribution is 2.38. The Morgan fingerprint density at radius 2 is 1.81 bits per heavy atom. The van der Waals surface area contributed by atoms with Gasteiger partial charge in [0.2, 0.25) is 22.1 Å². The number of carbonyl (C=O) groups is 2. The van der Waals surface area contributed by atoms with Crippen LogP contribution in [0.1, 0.15) is 25.8 Å². The molecule has 1 N–H and O–H groups in total. The second-order valence-electron chi connectivity index (χ2n) is 6.97. The quantitative estimate of drug-likeness (QED) is 0.168. The number of methoxy groups -OCH3 is 3. The predicted octanol–water partition coefficient (Wildman–Crippen LogP) is 4.34. The van der Waals surface area contributed by atoms with Gasteiger partial charge >= 0.3 is 5.97 Å². The lowest BCUT2D eigenvalue weighted by molar-refractivity contribution is 0.0727. The Hall–Kier alpha value is -3.88. The first-order valence-electron chi connectivity index (χ1n) is 10.4. The fourth-order valence-electron chi connectivity index (χ4n) is 2.96. The summed E-state index contributed by atoms with van der Waals surface area (Å²) >= 11 is 3.79. The number of esters is 1. The third kappa shape index (κ3) is 6.28. The average molecular weight is 562 g/mol. The Morgan fingerprint density at radius 1 is 1.05 bits per heavy atom. The maximum atomic E-state index is 12.6. The maximum absolute atomic E-state index is 12.6. The Balaban J connectivity index is 1.38. The molecule has 37 heavy (non-hydrogen) atoms. The van der Waals surface area contributed by atoms with Gasteiger partial charge in [-0.1, -0.05) is 29.2 Å². The van der Waals surface area contributed by atoms with Gasteiger partial charge in [-0.05, 0) is 23.6 Å². The number of carbonyl (C=O) groups excluding carboxylic acids is 2. The lowest BCUT2D eigenvalue weighted by atomic mass is 10.2. The first-order chi connectivity index (χ1) is 17.9. The largest absolute Gasteiger partial charge is 0.493 e. The van der Waals surface area contributed by atoms with Crippen LogP contribution in [0.5, 0.6) is 23.0 Å². The molecule has 0 spiro atoms. The van der Waals surface area contributed by atoms with Crippen LogP contribution in [0.2, 0.25) is 0 Å². The molecule has 0 unspecified atom stereocenters. The summed E-state index contributed by atoms with van der Waals surface area (Å²) in [6.45, 7) is 0. The van der Waals surface area contributed by atoms with Crippen LogP contribution < -0.4 is 29.7 Å². The van der Waals surface area contributed by atoms with Crippen molar-refractivity contribution in [1.29, 1.82) is 0 Å². The molecule has 0 bridgehead atoms. The minimum absolute atomic E-state index is 0.0896. The third-order valence-corrected chi connectivity index (χ3v) is 7.53. The summed E-state index contributed by atoms with van der Waals surface area (Å²) in [5.41, 5.74) is -0.449. The van der Waals surface area contributed by atoms with Gasteiger partial charge in [-0.2, -0.15) is 0 Å². The second-order valence-corrected chi connectivity index (χ2v) is 10.1. The Labute approximate surface area is 222 Å². The summed E-state index contributed by atoms with van der Waals surface area (Å²) in [6.07, 6.45) is 1.07. The van der Waals surface area contributed by atoms with Crippen LogP contribution in [0.3, 0.4) is 0 Å². The number of nitrogens with one attached hydrogen (secondary N) is 1. The highest BCUT2D eigenvalue weighted by atomic mass is 32.2. The molecule has 0 atom stereocenters. The molecule has 0 aliphatic heterocycles. The molecule has 3 heterocycles. The van der Waals surface area contributed by atoms with E-state index in [-0.39, 0.29) is 34.5 Å². The molecule has 14 heteroatoms. The van der Waals surface area contributed by atoms with E-state index in [1.54, 1.807) is 12.1 Å². The third-order valence-electron chi connectivity index (χ3n) is 4.67. The second kappa shape index (κ2) is 11.9. The number of thioether (sulfide) groups is 1. The number of anilines is 1. The van der Waals surface area contributed by atoms with E-state index in [2.05, 4.69) is 15.5 Å². The number of amides is 1. The van der Waals surface area contributed by atoms with Gasteiger partial charge < -0.3 is 23.4 Å². The van der Waals surface area contributed by atoms with Crippen LogP contribution in [0.4, 0.5) is 5.13 Å². The molecule has 0 saturated carbocycles. The summed E-state index contributed by atoms with van der Waals surface area (Å²) in [5, 5.41) is 12.8. The smallest absolute Gasteiger partial charge is 0.344 e. The van der Waals surface area contributed by atoms with Crippen molar-refractivity contribution in [3.8, 4) is 23.0 Å². The van der Waals surface area contributed by atoms with E-state index in [1.807, 2.05) is 5.38 Å². The van der Waals surface area contributed by atoms with E-state index in [4.69, 9.17) is 23.4 Å². The van der Waals surface area contributed by atoms with Crippen LogP contribution in [-0.4, -0.2) is 43.4 Å². The zero-order valence-corrected chi connectivity index (χ0v) is 22.1. The molecule has 192 valence electrons. The monoisotopic (exact) mass is 561 g/mol. The number of thiophene rings is 1. The number of hydrogen-bond acceptors (Lipinski definition) is 13. The molecule has 4 rings (SSSR count). The van der Waals surface area contributed by atoms with Gasteiger partial charge in [0.1, 0.15) is 12.0 Å². The van der Waals surface area contributed by atoms with Crippen molar-refractivity contribution in [2.24, 2.45) is 0 Å². The number of rotatable bonds is 10. The number of benzene rings is 1. The fraction of sp³-hybridized carbons (Fsp3) is 0.174. The molecule has 3 aromatic heterocycles. The predicted molar refractivity (Wildman–Crippen MR) is 138 cm³/mol. The van der Waals surface area contributed by atoms with Gasteiger partial charge in [0.15, 0.2) is 15.8 Å². The van der Waals surface area contributed by atoms with E-state index in [9.17, 15) is 14.4 Å². The normalized spacial score (nSPS) is 10.6.